The van der Waals surface area contributed by atoms with Gasteiger partial charge in [-0.15, -0.1) is 11.8 Å². The van der Waals surface area contributed by atoms with Crippen LogP contribution in [-0.2, 0) is 15.8 Å². The van der Waals surface area contributed by atoms with Gasteiger partial charge in [0, 0.05) is 22.9 Å². The van der Waals surface area contributed by atoms with Crippen LogP contribution in [0.25, 0.3) is 5.65 Å². The zero-order valence-electron chi connectivity index (χ0n) is 16.7. The van der Waals surface area contributed by atoms with Crippen LogP contribution >= 0.6 is 11.8 Å². The standard InChI is InChI=1S/C22H17F2N3O3S2/c1-14-8-9-27-21(10-14)25-15(11-22(27)28)13-31-20-5-3-2-4-19(20)26-32(29,30)16-6-7-17(23)18(24)12-16/h2-12,26H,13H2,1H3. The summed E-state index contributed by atoms with van der Waals surface area (Å²) in [5.74, 6) is -2.06. The Kier molecular flexibility index (Phi) is 5.98. The van der Waals surface area contributed by atoms with Gasteiger partial charge in [-0.1, -0.05) is 12.1 Å². The minimum atomic E-state index is -4.14. The highest BCUT2D eigenvalue weighted by Gasteiger charge is 2.18. The van der Waals surface area contributed by atoms with Gasteiger partial charge in [0.05, 0.1) is 16.3 Å². The molecule has 0 radical (unpaired) electrons. The average molecular weight is 474 g/mol. The molecule has 4 rings (SSSR count). The van der Waals surface area contributed by atoms with Crippen LogP contribution in [0.2, 0.25) is 0 Å². The van der Waals surface area contributed by atoms with Gasteiger partial charge in [0.1, 0.15) is 5.65 Å². The lowest BCUT2D eigenvalue weighted by Gasteiger charge is -2.12. The summed E-state index contributed by atoms with van der Waals surface area (Å²) >= 11 is 1.29. The minimum absolute atomic E-state index is 0.210. The predicted octanol–water partition coefficient (Wildman–Crippen LogP) is 4.37. The van der Waals surface area contributed by atoms with Gasteiger partial charge in [0.15, 0.2) is 11.6 Å². The van der Waals surface area contributed by atoms with Gasteiger partial charge in [-0.05, 0) is 55.0 Å². The lowest BCUT2D eigenvalue weighted by atomic mass is 10.3. The van der Waals surface area contributed by atoms with Crippen molar-refractivity contribution in [3.05, 3.63) is 100 Å². The van der Waals surface area contributed by atoms with Crippen molar-refractivity contribution >= 4 is 33.1 Å². The smallest absolute Gasteiger partial charge is 0.262 e. The molecule has 4 aromatic rings. The second kappa shape index (κ2) is 8.71. The summed E-state index contributed by atoms with van der Waals surface area (Å²) in [6.07, 6.45) is 1.67. The molecule has 0 spiro atoms. The maximum Gasteiger partial charge on any atom is 0.262 e. The van der Waals surface area contributed by atoms with E-state index in [-0.39, 0.29) is 11.2 Å². The summed E-state index contributed by atoms with van der Waals surface area (Å²) in [5.41, 5.74) is 2.11. The molecule has 1 N–H and O–H groups in total. The molecule has 2 heterocycles. The Morgan fingerprint density at radius 3 is 2.59 bits per heavy atom. The van der Waals surface area contributed by atoms with Gasteiger partial charge in [-0.2, -0.15) is 0 Å². The zero-order chi connectivity index (χ0) is 22.9. The van der Waals surface area contributed by atoms with Crippen LogP contribution in [0, 0.1) is 18.6 Å². The maximum atomic E-state index is 13.5. The second-order valence-electron chi connectivity index (χ2n) is 6.98. The first-order chi connectivity index (χ1) is 15.2. The van der Waals surface area contributed by atoms with Gasteiger partial charge in [0.25, 0.3) is 15.6 Å². The Bertz CT molecular complexity index is 1490. The minimum Gasteiger partial charge on any atom is -0.278 e. The van der Waals surface area contributed by atoms with Crippen LogP contribution < -0.4 is 10.3 Å². The van der Waals surface area contributed by atoms with Crippen LogP contribution in [0.15, 0.2) is 81.4 Å². The van der Waals surface area contributed by atoms with Gasteiger partial charge < -0.3 is 0 Å². The molecule has 0 atom stereocenters. The van der Waals surface area contributed by atoms with Gasteiger partial charge >= 0.3 is 0 Å². The van der Waals surface area contributed by atoms with E-state index in [4.69, 9.17) is 0 Å². The van der Waals surface area contributed by atoms with Crippen LogP contribution in [0.1, 0.15) is 11.3 Å². The molecule has 0 amide bonds. The number of anilines is 1. The van der Waals surface area contributed by atoms with E-state index in [9.17, 15) is 22.0 Å². The Balaban J connectivity index is 1.58. The van der Waals surface area contributed by atoms with Crippen molar-refractivity contribution in [3.63, 3.8) is 0 Å². The van der Waals surface area contributed by atoms with E-state index >= 15 is 0 Å². The fraction of sp³-hybridized carbons (Fsp3) is 0.0909. The normalized spacial score (nSPS) is 11.6. The van der Waals surface area contributed by atoms with Crippen LogP contribution in [0.5, 0.6) is 0 Å². The average Bonchev–Trinajstić information content (AvgIpc) is 2.74. The molecule has 0 saturated heterocycles. The topological polar surface area (TPSA) is 80.5 Å². The van der Waals surface area contributed by atoms with E-state index in [1.807, 2.05) is 13.0 Å². The van der Waals surface area contributed by atoms with E-state index in [1.165, 1.54) is 22.2 Å². The van der Waals surface area contributed by atoms with Crippen molar-refractivity contribution in [1.82, 2.24) is 9.38 Å². The number of sulfonamides is 1. The monoisotopic (exact) mass is 473 g/mol. The number of hydrogen-bond donors (Lipinski definition) is 1. The van der Waals surface area contributed by atoms with Crippen LogP contribution in [0.4, 0.5) is 14.5 Å². The van der Waals surface area contributed by atoms with E-state index in [2.05, 4.69) is 9.71 Å². The summed E-state index contributed by atoms with van der Waals surface area (Å²) in [6, 6.07) is 14.1. The summed E-state index contributed by atoms with van der Waals surface area (Å²) < 4.78 is 55.8. The largest absolute Gasteiger partial charge is 0.278 e. The predicted molar refractivity (Wildman–Crippen MR) is 119 cm³/mol. The quantitative estimate of drug-likeness (QED) is 0.421. The molecule has 0 aliphatic carbocycles. The highest BCUT2D eigenvalue weighted by atomic mass is 32.2. The lowest BCUT2D eigenvalue weighted by Crippen LogP contribution is -2.15. The molecule has 2 aromatic heterocycles. The fourth-order valence-corrected chi connectivity index (χ4v) is 5.06. The molecule has 0 aliphatic rings. The Morgan fingerprint density at radius 1 is 1.03 bits per heavy atom. The number of thioether (sulfide) groups is 1. The number of aromatic nitrogens is 2. The molecular formula is C22H17F2N3O3S2. The first kappa shape index (κ1) is 22.0. The van der Waals surface area contributed by atoms with Crippen molar-refractivity contribution in [2.24, 2.45) is 0 Å². The number of halogens is 2. The molecule has 0 fully saturated rings. The van der Waals surface area contributed by atoms with Gasteiger partial charge in [-0.25, -0.2) is 22.2 Å². The summed E-state index contributed by atoms with van der Waals surface area (Å²) in [4.78, 5) is 17.1. The summed E-state index contributed by atoms with van der Waals surface area (Å²) in [5, 5.41) is 0. The third-order valence-corrected chi connectivity index (χ3v) is 7.05. The highest BCUT2D eigenvalue weighted by Crippen LogP contribution is 2.31. The number of benzene rings is 2. The van der Waals surface area contributed by atoms with Crippen molar-refractivity contribution in [3.8, 4) is 0 Å². The summed E-state index contributed by atoms with van der Waals surface area (Å²) in [6.45, 7) is 1.91. The molecular weight excluding hydrogens is 456 g/mol. The molecule has 0 saturated carbocycles. The third kappa shape index (κ3) is 4.66. The molecule has 32 heavy (non-hydrogen) atoms. The summed E-state index contributed by atoms with van der Waals surface area (Å²) in [7, 11) is -4.14. The Labute approximate surface area is 187 Å². The van der Waals surface area contributed by atoms with E-state index < -0.39 is 26.6 Å². The molecule has 10 heteroatoms. The maximum absolute atomic E-state index is 13.5. The number of aryl methyl sites for hydroxylation is 1. The number of pyridine rings is 1. The number of hydrogen-bond acceptors (Lipinski definition) is 5. The number of fused-ring (bicyclic) bond motifs is 1. The van der Waals surface area contributed by atoms with E-state index in [1.54, 1.807) is 36.5 Å². The van der Waals surface area contributed by atoms with E-state index in [0.717, 1.165) is 17.7 Å². The Morgan fingerprint density at radius 2 is 1.81 bits per heavy atom. The number of para-hydroxylation sites is 1. The fourth-order valence-electron chi connectivity index (χ4n) is 3.00. The number of nitrogens with zero attached hydrogens (tertiary/aromatic N) is 2. The molecule has 164 valence electrons. The van der Waals surface area contributed by atoms with Crippen molar-refractivity contribution < 1.29 is 17.2 Å². The lowest BCUT2D eigenvalue weighted by molar-refractivity contribution is 0.504. The van der Waals surface area contributed by atoms with E-state index in [0.29, 0.717) is 28.1 Å². The zero-order valence-corrected chi connectivity index (χ0v) is 18.4. The molecule has 2 aromatic carbocycles. The van der Waals surface area contributed by atoms with Crippen molar-refractivity contribution in [2.75, 3.05) is 4.72 Å². The van der Waals surface area contributed by atoms with Crippen molar-refractivity contribution in [1.29, 1.82) is 0 Å². The Hall–Kier alpha value is -3.24. The molecule has 6 nitrogen and oxygen atoms in total. The SMILES string of the molecule is Cc1ccn2c(=O)cc(CSc3ccccc3NS(=O)(=O)c3ccc(F)c(F)c3)nc2c1. The van der Waals surface area contributed by atoms with Crippen LogP contribution in [-0.4, -0.2) is 17.8 Å². The first-order valence-corrected chi connectivity index (χ1v) is 11.9. The number of nitrogens with one attached hydrogen (secondary N) is 1. The van der Waals surface area contributed by atoms with Gasteiger partial charge in [0.2, 0.25) is 0 Å². The first-order valence-electron chi connectivity index (χ1n) is 9.41. The second-order valence-corrected chi connectivity index (χ2v) is 9.68. The third-order valence-electron chi connectivity index (χ3n) is 4.58. The van der Waals surface area contributed by atoms with Gasteiger partial charge in [-0.3, -0.25) is 13.9 Å². The molecule has 0 aliphatic heterocycles. The highest BCUT2D eigenvalue weighted by molar-refractivity contribution is 7.98. The molecule has 0 unspecified atom stereocenters. The molecule has 0 bridgehead atoms. The number of rotatable bonds is 6. The van der Waals surface area contributed by atoms with Crippen LogP contribution in [0.3, 0.4) is 0 Å². The van der Waals surface area contributed by atoms with Crippen molar-refractivity contribution in [2.45, 2.75) is 22.5 Å².